The van der Waals surface area contributed by atoms with Crippen molar-refractivity contribution in [1.82, 2.24) is 10.2 Å². The second-order valence-corrected chi connectivity index (χ2v) is 3.41. The number of alkyl halides is 4. The minimum Gasteiger partial charge on any atom is -0.378 e. The first-order valence-corrected chi connectivity index (χ1v) is 5.36. The van der Waals surface area contributed by atoms with Gasteiger partial charge < -0.3 is 10.1 Å². The summed E-state index contributed by atoms with van der Waals surface area (Å²) in [5.41, 5.74) is -1.01. The van der Waals surface area contributed by atoms with E-state index in [1.165, 1.54) is 6.07 Å². The molecule has 0 fully saturated rings. The van der Waals surface area contributed by atoms with E-state index >= 15 is 0 Å². The number of nitrogens with one attached hydrogen (secondary N) is 1. The first-order chi connectivity index (χ1) is 8.04. The van der Waals surface area contributed by atoms with Gasteiger partial charge in [-0.25, -0.2) is 0 Å². The lowest BCUT2D eigenvalue weighted by molar-refractivity contribution is -0.141. The lowest BCUT2D eigenvalue weighted by atomic mass is 10.4. The van der Waals surface area contributed by atoms with Gasteiger partial charge in [0.15, 0.2) is 5.69 Å². The third-order valence-electron chi connectivity index (χ3n) is 1.73. The molecule has 1 heterocycles. The van der Waals surface area contributed by atoms with E-state index in [1.807, 2.05) is 0 Å². The van der Waals surface area contributed by atoms with Gasteiger partial charge in [0.1, 0.15) is 5.82 Å². The van der Waals surface area contributed by atoms with Crippen LogP contribution in [0.15, 0.2) is 12.1 Å². The molecule has 0 saturated heterocycles. The highest BCUT2D eigenvalue weighted by Crippen LogP contribution is 2.26. The van der Waals surface area contributed by atoms with E-state index in [0.29, 0.717) is 25.6 Å². The highest BCUT2D eigenvalue weighted by molar-refractivity contribution is 6.17. The topological polar surface area (TPSA) is 47.0 Å². The summed E-state index contributed by atoms with van der Waals surface area (Å²) in [6, 6.07) is 2.09. The van der Waals surface area contributed by atoms with Gasteiger partial charge in [0.25, 0.3) is 0 Å². The van der Waals surface area contributed by atoms with Crippen LogP contribution in [0.3, 0.4) is 0 Å². The normalized spacial score (nSPS) is 11.5. The van der Waals surface area contributed by atoms with Crippen molar-refractivity contribution >= 4 is 17.4 Å². The van der Waals surface area contributed by atoms with Gasteiger partial charge in [-0.15, -0.1) is 21.8 Å². The van der Waals surface area contributed by atoms with Gasteiger partial charge in [0, 0.05) is 12.4 Å². The molecule has 0 amide bonds. The molecule has 0 aliphatic carbocycles. The molecule has 0 atom stereocenters. The summed E-state index contributed by atoms with van der Waals surface area (Å²) in [5, 5.41) is 9.24. The summed E-state index contributed by atoms with van der Waals surface area (Å²) < 4.78 is 41.5. The highest BCUT2D eigenvalue weighted by atomic mass is 35.5. The van der Waals surface area contributed by atoms with Crippen LogP contribution in [0.25, 0.3) is 0 Å². The van der Waals surface area contributed by atoms with Crippen LogP contribution >= 0.6 is 11.6 Å². The third kappa shape index (κ3) is 5.18. The fraction of sp³-hybridized carbons (Fsp3) is 0.556. The molecular formula is C9H11ClF3N3O. The summed E-state index contributed by atoms with van der Waals surface area (Å²) in [4.78, 5) is 0. The predicted molar refractivity (Wildman–Crippen MR) is 57.1 cm³/mol. The van der Waals surface area contributed by atoms with Crippen LogP contribution in [0, 0.1) is 0 Å². The maximum Gasteiger partial charge on any atom is 0.435 e. The van der Waals surface area contributed by atoms with Crippen LogP contribution in [0.2, 0.25) is 0 Å². The van der Waals surface area contributed by atoms with Gasteiger partial charge in [-0.1, -0.05) is 0 Å². The van der Waals surface area contributed by atoms with Crippen molar-refractivity contribution in [3.05, 3.63) is 17.8 Å². The van der Waals surface area contributed by atoms with Gasteiger partial charge in [-0.2, -0.15) is 13.2 Å². The zero-order valence-electron chi connectivity index (χ0n) is 8.80. The molecule has 17 heavy (non-hydrogen) atoms. The molecule has 0 aliphatic rings. The van der Waals surface area contributed by atoms with Crippen molar-refractivity contribution in [2.45, 2.75) is 6.18 Å². The number of hydrogen-bond donors (Lipinski definition) is 1. The molecule has 0 saturated carbocycles. The van der Waals surface area contributed by atoms with Crippen LogP contribution in [-0.2, 0) is 10.9 Å². The van der Waals surface area contributed by atoms with Crippen LogP contribution in [0.4, 0.5) is 19.0 Å². The van der Waals surface area contributed by atoms with E-state index in [1.54, 1.807) is 0 Å². The number of aromatic nitrogens is 2. The van der Waals surface area contributed by atoms with E-state index in [4.69, 9.17) is 16.3 Å². The smallest absolute Gasteiger partial charge is 0.378 e. The molecule has 0 bridgehead atoms. The van der Waals surface area contributed by atoms with Crippen LogP contribution in [-0.4, -0.2) is 35.8 Å². The van der Waals surface area contributed by atoms with E-state index < -0.39 is 11.9 Å². The zero-order chi connectivity index (χ0) is 12.7. The minimum atomic E-state index is -4.46. The number of nitrogens with zero attached hydrogens (tertiary/aromatic N) is 2. The van der Waals surface area contributed by atoms with Gasteiger partial charge in [-0.05, 0) is 12.1 Å². The van der Waals surface area contributed by atoms with E-state index in [2.05, 4.69) is 15.5 Å². The Kier molecular flexibility index (Phi) is 5.43. The maximum absolute atomic E-state index is 12.2. The number of rotatable bonds is 6. The van der Waals surface area contributed by atoms with Crippen molar-refractivity contribution < 1.29 is 17.9 Å². The Bertz CT molecular complexity index is 331. The maximum atomic E-state index is 12.2. The Balaban J connectivity index is 2.36. The van der Waals surface area contributed by atoms with Crippen LogP contribution in [0.1, 0.15) is 5.69 Å². The van der Waals surface area contributed by atoms with Crippen molar-refractivity contribution in [1.29, 1.82) is 0 Å². The standard InChI is InChI=1S/C9H11ClF3N3O/c10-3-5-17-6-4-14-8-2-1-7(15-16-8)9(11,12)13/h1-2H,3-6H2,(H,14,16). The third-order valence-corrected chi connectivity index (χ3v) is 1.88. The SMILES string of the molecule is FC(F)(F)c1ccc(NCCOCCCl)nn1. The quantitative estimate of drug-likeness (QED) is 0.635. The van der Waals surface area contributed by atoms with Crippen molar-refractivity contribution in [3.63, 3.8) is 0 Å². The molecule has 0 spiro atoms. The molecule has 4 nitrogen and oxygen atoms in total. The van der Waals surface area contributed by atoms with Gasteiger partial charge >= 0.3 is 6.18 Å². The first-order valence-electron chi connectivity index (χ1n) is 4.82. The minimum absolute atomic E-state index is 0.271. The number of halogens is 4. The average Bonchev–Trinajstić information content (AvgIpc) is 2.28. The van der Waals surface area contributed by atoms with Crippen molar-refractivity contribution in [2.75, 3.05) is 31.0 Å². The Morgan fingerprint density at radius 2 is 2.00 bits per heavy atom. The van der Waals surface area contributed by atoms with Crippen LogP contribution in [0.5, 0.6) is 0 Å². The molecule has 1 rings (SSSR count). The Hall–Kier alpha value is -1.08. The second-order valence-electron chi connectivity index (χ2n) is 3.03. The Morgan fingerprint density at radius 3 is 2.53 bits per heavy atom. The number of hydrogen-bond acceptors (Lipinski definition) is 4. The first kappa shape index (κ1) is 14.0. The van der Waals surface area contributed by atoms with Gasteiger partial charge in [0.2, 0.25) is 0 Å². The lowest BCUT2D eigenvalue weighted by Gasteiger charge is -2.07. The molecule has 8 heteroatoms. The summed E-state index contributed by atoms with van der Waals surface area (Å²) in [6.45, 7) is 1.26. The summed E-state index contributed by atoms with van der Waals surface area (Å²) in [6.07, 6.45) is -4.46. The molecule has 1 N–H and O–H groups in total. The molecular weight excluding hydrogens is 259 g/mol. The fourth-order valence-corrected chi connectivity index (χ4v) is 1.09. The molecule has 0 aliphatic heterocycles. The molecule has 1 aromatic rings. The van der Waals surface area contributed by atoms with Gasteiger partial charge in [0.05, 0.1) is 13.2 Å². The van der Waals surface area contributed by atoms with E-state index in [0.717, 1.165) is 6.07 Å². The molecule has 0 radical (unpaired) electrons. The fourth-order valence-electron chi connectivity index (χ4n) is 0.986. The molecule has 96 valence electrons. The Labute approximate surface area is 101 Å². The monoisotopic (exact) mass is 269 g/mol. The summed E-state index contributed by atoms with van der Waals surface area (Å²) in [5.74, 6) is 0.674. The highest BCUT2D eigenvalue weighted by Gasteiger charge is 2.32. The molecule has 0 unspecified atom stereocenters. The lowest BCUT2D eigenvalue weighted by Crippen LogP contribution is -2.13. The summed E-state index contributed by atoms with van der Waals surface area (Å²) >= 11 is 5.38. The van der Waals surface area contributed by atoms with Crippen molar-refractivity contribution in [3.8, 4) is 0 Å². The predicted octanol–water partition coefficient (Wildman–Crippen LogP) is 2.16. The van der Waals surface area contributed by atoms with Crippen LogP contribution < -0.4 is 5.32 Å². The second kappa shape index (κ2) is 6.61. The summed E-state index contributed by atoms with van der Waals surface area (Å²) in [7, 11) is 0. The largest absolute Gasteiger partial charge is 0.435 e. The van der Waals surface area contributed by atoms with E-state index in [9.17, 15) is 13.2 Å². The van der Waals surface area contributed by atoms with E-state index in [-0.39, 0.29) is 5.82 Å². The Morgan fingerprint density at radius 1 is 1.24 bits per heavy atom. The average molecular weight is 270 g/mol. The number of anilines is 1. The van der Waals surface area contributed by atoms with Gasteiger partial charge in [-0.3, -0.25) is 0 Å². The van der Waals surface area contributed by atoms with Crippen molar-refractivity contribution in [2.24, 2.45) is 0 Å². The molecule has 1 aromatic heterocycles. The number of ether oxygens (including phenoxy) is 1. The molecule has 0 aromatic carbocycles. The zero-order valence-corrected chi connectivity index (χ0v) is 9.55.